The Balaban J connectivity index is 1.86. The molecule has 2 nitrogen and oxygen atoms in total. The summed E-state index contributed by atoms with van der Waals surface area (Å²) in [7, 11) is 0. The van der Waals surface area contributed by atoms with E-state index >= 15 is 0 Å². The van der Waals surface area contributed by atoms with Crippen molar-refractivity contribution in [3.63, 3.8) is 0 Å². The van der Waals surface area contributed by atoms with Gasteiger partial charge in [0.05, 0.1) is 11.0 Å². The fourth-order valence-electron chi connectivity index (χ4n) is 2.93. The molecular weight excluding hydrogens is 299 g/mol. The second kappa shape index (κ2) is 5.93. The van der Waals surface area contributed by atoms with E-state index in [1.165, 1.54) is 23.3 Å². The van der Waals surface area contributed by atoms with Crippen LogP contribution in [0.3, 0.4) is 0 Å². The van der Waals surface area contributed by atoms with Gasteiger partial charge in [-0.2, -0.15) is 0 Å². The van der Waals surface area contributed by atoms with Gasteiger partial charge < -0.3 is 4.57 Å². The molecule has 3 aromatic carbocycles. The highest BCUT2D eigenvalue weighted by Crippen LogP contribution is 2.26. The molecule has 0 aliphatic carbocycles. The lowest BCUT2D eigenvalue weighted by molar-refractivity contribution is 0.628. The molecule has 24 heavy (non-hydrogen) atoms. The first-order valence-electron chi connectivity index (χ1n) is 7.97. The lowest BCUT2D eigenvalue weighted by Crippen LogP contribution is -2.02. The van der Waals surface area contributed by atoms with Crippen molar-refractivity contribution in [3.05, 3.63) is 89.7 Å². The maximum Gasteiger partial charge on any atom is 0.141 e. The molecule has 0 radical (unpaired) electrons. The number of imidazole rings is 1. The topological polar surface area (TPSA) is 17.8 Å². The van der Waals surface area contributed by atoms with Crippen molar-refractivity contribution < 1.29 is 4.39 Å². The number of fused-ring (bicyclic) bond motifs is 1. The fraction of sp³-hybridized carbons (Fsp3) is 0.0952. The molecule has 3 heteroatoms. The minimum Gasteiger partial charge on any atom is -0.319 e. The summed E-state index contributed by atoms with van der Waals surface area (Å²) in [6, 6.07) is 23.1. The molecule has 0 N–H and O–H groups in total. The van der Waals surface area contributed by atoms with E-state index in [0.717, 1.165) is 29.0 Å². The average molecular weight is 316 g/mol. The van der Waals surface area contributed by atoms with Crippen LogP contribution in [0.2, 0.25) is 0 Å². The number of nitrogens with zero attached hydrogens (tertiary/aromatic N) is 2. The number of halogens is 1. The molecule has 118 valence electrons. The Morgan fingerprint density at radius 3 is 2.33 bits per heavy atom. The third-order valence-corrected chi connectivity index (χ3v) is 4.22. The largest absolute Gasteiger partial charge is 0.319 e. The van der Waals surface area contributed by atoms with Gasteiger partial charge in [-0.1, -0.05) is 42.0 Å². The molecule has 0 saturated carbocycles. The number of benzene rings is 3. The van der Waals surface area contributed by atoms with Crippen LogP contribution in [-0.2, 0) is 6.54 Å². The number of hydrogen-bond donors (Lipinski definition) is 0. The van der Waals surface area contributed by atoms with Crippen molar-refractivity contribution >= 4 is 11.0 Å². The Hall–Kier alpha value is -2.94. The molecule has 0 aliphatic heterocycles. The molecule has 0 bridgehead atoms. The second-order valence-electron chi connectivity index (χ2n) is 6.00. The number of para-hydroxylation sites is 2. The van der Waals surface area contributed by atoms with Crippen molar-refractivity contribution in [2.24, 2.45) is 0 Å². The molecule has 0 fully saturated rings. The molecule has 0 aliphatic rings. The van der Waals surface area contributed by atoms with E-state index in [0.29, 0.717) is 0 Å². The third-order valence-electron chi connectivity index (χ3n) is 4.22. The van der Waals surface area contributed by atoms with Crippen molar-refractivity contribution in [1.82, 2.24) is 9.55 Å². The minimum atomic E-state index is -0.236. The number of aryl methyl sites for hydroxylation is 1. The van der Waals surface area contributed by atoms with E-state index < -0.39 is 0 Å². The summed E-state index contributed by atoms with van der Waals surface area (Å²) in [5.74, 6) is 0.622. The second-order valence-corrected chi connectivity index (χ2v) is 6.00. The molecule has 0 unspecified atom stereocenters. The van der Waals surface area contributed by atoms with Gasteiger partial charge in [0.15, 0.2) is 0 Å². The number of aromatic nitrogens is 2. The first kappa shape index (κ1) is 14.6. The summed E-state index contributed by atoms with van der Waals surface area (Å²) in [6.45, 7) is 2.81. The van der Waals surface area contributed by atoms with Crippen LogP contribution in [0.4, 0.5) is 4.39 Å². The van der Waals surface area contributed by atoms with Crippen LogP contribution in [0, 0.1) is 12.7 Å². The fourth-order valence-corrected chi connectivity index (χ4v) is 2.93. The van der Waals surface area contributed by atoms with Crippen molar-refractivity contribution in [2.45, 2.75) is 13.5 Å². The van der Waals surface area contributed by atoms with E-state index in [1.807, 2.05) is 18.2 Å². The van der Waals surface area contributed by atoms with Crippen LogP contribution >= 0.6 is 0 Å². The molecule has 4 rings (SSSR count). The van der Waals surface area contributed by atoms with Gasteiger partial charge >= 0.3 is 0 Å². The molecule has 0 spiro atoms. The van der Waals surface area contributed by atoms with Crippen molar-refractivity contribution in [1.29, 1.82) is 0 Å². The summed E-state index contributed by atoms with van der Waals surface area (Å²) in [6.07, 6.45) is 0. The zero-order valence-electron chi connectivity index (χ0n) is 13.4. The Kier molecular flexibility index (Phi) is 3.62. The summed E-state index contributed by atoms with van der Waals surface area (Å²) < 4.78 is 15.5. The van der Waals surface area contributed by atoms with E-state index in [4.69, 9.17) is 4.98 Å². The van der Waals surface area contributed by atoms with Crippen LogP contribution < -0.4 is 0 Å². The summed E-state index contributed by atoms with van der Waals surface area (Å²) >= 11 is 0. The minimum absolute atomic E-state index is 0.236. The van der Waals surface area contributed by atoms with E-state index in [-0.39, 0.29) is 5.82 Å². The SMILES string of the molecule is Cc1ccc(Cn2c(-c3ccc(F)cc3)nc3ccccc32)cc1. The summed E-state index contributed by atoms with van der Waals surface area (Å²) in [5.41, 5.74) is 5.40. The van der Waals surface area contributed by atoms with E-state index in [2.05, 4.69) is 41.8 Å². The Bertz CT molecular complexity index is 983. The van der Waals surface area contributed by atoms with Crippen molar-refractivity contribution in [3.8, 4) is 11.4 Å². The number of rotatable bonds is 3. The quantitative estimate of drug-likeness (QED) is 0.508. The highest BCUT2D eigenvalue weighted by molar-refractivity contribution is 5.80. The third kappa shape index (κ3) is 2.69. The lowest BCUT2D eigenvalue weighted by atomic mass is 10.1. The van der Waals surface area contributed by atoms with Gasteiger partial charge in [-0.15, -0.1) is 0 Å². The highest BCUT2D eigenvalue weighted by Gasteiger charge is 2.12. The smallest absolute Gasteiger partial charge is 0.141 e. The molecule has 1 aromatic heterocycles. The molecular formula is C21H17FN2. The van der Waals surface area contributed by atoms with Gasteiger partial charge in [-0.3, -0.25) is 0 Å². The Morgan fingerprint density at radius 1 is 0.875 bits per heavy atom. The van der Waals surface area contributed by atoms with Gasteiger partial charge in [-0.25, -0.2) is 9.37 Å². The highest BCUT2D eigenvalue weighted by atomic mass is 19.1. The van der Waals surface area contributed by atoms with Gasteiger partial charge in [0, 0.05) is 12.1 Å². The van der Waals surface area contributed by atoms with Gasteiger partial charge in [0.2, 0.25) is 0 Å². The van der Waals surface area contributed by atoms with Crippen LogP contribution in [0.1, 0.15) is 11.1 Å². The predicted octanol–water partition coefficient (Wildman–Crippen LogP) is 5.20. The molecule has 0 amide bonds. The zero-order valence-corrected chi connectivity index (χ0v) is 13.4. The Morgan fingerprint density at radius 2 is 1.58 bits per heavy atom. The maximum atomic E-state index is 13.3. The van der Waals surface area contributed by atoms with E-state index in [1.54, 1.807) is 12.1 Å². The van der Waals surface area contributed by atoms with Gasteiger partial charge in [0.25, 0.3) is 0 Å². The van der Waals surface area contributed by atoms with Gasteiger partial charge in [-0.05, 0) is 48.9 Å². The maximum absolute atomic E-state index is 13.3. The van der Waals surface area contributed by atoms with Crippen LogP contribution in [0.15, 0.2) is 72.8 Å². The normalized spacial score (nSPS) is 11.1. The van der Waals surface area contributed by atoms with Crippen LogP contribution in [-0.4, -0.2) is 9.55 Å². The average Bonchev–Trinajstić information content (AvgIpc) is 2.96. The van der Waals surface area contributed by atoms with Crippen molar-refractivity contribution in [2.75, 3.05) is 0 Å². The first-order chi connectivity index (χ1) is 11.7. The zero-order chi connectivity index (χ0) is 16.5. The van der Waals surface area contributed by atoms with Gasteiger partial charge in [0.1, 0.15) is 11.6 Å². The number of hydrogen-bond acceptors (Lipinski definition) is 1. The predicted molar refractivity (Wildman–Crippen MR) is 95.4 cm³/mol. The summed E-state index contributed by atoms with van der Waals surface area (Å²) in [5, 5.41) is 0. The van der Waals surface area contributed by atoms with Crippen LogP contribution in [0.25, 0.3) is 22.4 Å². The van der Waals surface area contributed by atoms with E-state index in [9.17, 15) is 4.39 Å². The molecule has 4 aromatic rings. The standard InChI is InChI=1S/C21H17FN2/c1-15-6-8-16(9-7-15)14-24-20-5-3-2-4-19(20)23-21(24)17-10-12-18(22)13-11-17/h2-13H,14H2,1H3. The monoisotopic (exact) mass is 316 g/mol. The van der Waals surface area contributed by atoms with Crippen LogP contribution in [0.5, 0.6) is 0 Å². The Labute approximate surface area is 140 Å². The molecule has 0 saturated heterocycles. The molecule has 0 atom stereocenters. The lowest BCUT2D eigenvalue weighted by Gasteiger charge is -2.10. The first-order valence-corrected chi connectivity index (χ1v) is 7.97. The molecule has 1 heterocycles. The summed E-state index contributed by atoms with van der Waals surface area (Å²) in [4.78, 5) is 4.77.